The Morgan fingerprint density at radius 3 is 2.33 bits per heavy atom. The van der Waals surface area contributed by atoms with Crippen LogP contribution in [0.2, 0.25) is 5.02 Å². The molecule has 0 radical (unpaired) electrons. The van der Waals surface area contributed by atoms with Gasteiger partial charge in [0.05, 0.1) is 5.02 Å². The molecule has 2 amide bonds. The third-order valence-electron chi connectivity index (χ3n) is 4.90. The molecule has 0 spiro atoms. The average molecular weight is 416 g/mol. The summed E-state index contributed by atoms with van der Waals surface area (Å²) in [6.07, 6.45) is 1.17. The molecule has 1 fully saturated rings. The zero-order valence-corrected chi connectivity index (χ0v) is 17.4. The van der Waals surface area contributed by atoms with E-state index in [1.807, 2.05) is 0 Å². The number of piperidine rings is 1. The molecule has 0 aromatic heterocycles. The van der Waals surface area contributed by atoms with E-state index in [1.165, 1.54) is 22.5 Å². The van der Waals surface area contributed by atoms with Crippen LogP contribution in [0.1, 0.15) is 37.0 Å². The van der Waals surface area contributed by atoms with Crippen LogP contribution in [0.5, 0.6) is 0 Å². The zero-order valence-electron chi connectivity index (χ0n) is 15.9. The zero-order chi connectivity index (χ0) is 20.2. The number of hydrogen-bond donors (Lipinski definition) is 1. The van der Waals surface area contributed by atoms with Gasteiger partial charge in [0.1, 0.15) is 4.90 Å². The Morgan fingerprint density at radius 1 is 1.22 bits per heavy atom. The molecule has 1 N–H and O–H groups in total. The maximum Gasteiger partial charge on any atom is 0.253 e. The normalized spacial score (nSPS) is 15.8. The number of rotatable bonds is 6. The van der Waals surface area contributed by atoms with Crippen molar-refractivity contribution in [3.05, 3.63) is 28.8 Å². The van der Waals surface area contributed by atoms with Gasteiger partial charge in [0.25, 0.3) is 5.91 Å². The predicted octanol–water partition coefficient (Wildman–Crippen LogP) is 1.97. The lowest BCUT2D eigenvalue weighted by Gasteiger charge is -2.31. The van der Waals surface area contributed by atoms with Crippen molar-refractivity contribution in [1.29, 1.82) is 0 Å². The molecular weight excluding hydrogens is 390 g/mol. The van der Waals surface area contributed by atoms with Gasteiger partial charge >= 0.3 is 0 Å². The first-order valence-electron chi connectivity index (χ1n) is 9.06. The number of amides is 2. The molecule has 0 atom stereocenters. The highest BCUT2D eigenvalue weighted by Gasteiger charge is 2.29. The van der Waals surface area contributed by atoms with Crippen molar-refractivity contribution < 1.29 is 18.0 Å². The van der Waals surface area contributed by atoms with Gasteiger partial charge in [-0.15, -0.1) is 0 Å². The van der Waals surface area contributed by atoms with Gasteiger partial charge in [-0.05, 0) is 31.0 Å². The highest BCUT2D eigenvalue weighted by molar-refractivity contribution is 7.89. The maximum atomic E-state index is 12.8. The molecule has 150 valence electrons. The fourth-order valence-corrected chi connectivity index (χ4v) is 5.23. The molecule has 9 heteroatoms. The average Bonchev–Trinajstić information content (AvgIpc) is 2.68. The second-order valence-corrected chi connectivity index (χ2v) is 8.73. The molecule has 1 saturated heterocycles. The van der Waals surface area contributed by atoms with Gasteiger partial charge < -0.3 is 10.2 Å². The first kappa shape index (κ1) is 21.7. The van der Waals surface area contributed by atoms with Crippen LogP contribution in [0.3, 0.4) is 0 Å². The lowest BCUT2D eigenvalue weighted by Crippen LogP contribution is -2.42. The maximum absolute atomic E-state index is 12.8. The van der Waals surface area contributed by atoms with E-state index in [2.05, 4.69) is 5.32 Å². The van der Waals surface area contributed by atoms with E-state index in [0.717, 1.165) is 0 Å². The Morgan fingerprint density at radius 2 is 1.81 bits per heavy atom. The SMILES string of the molecule is CCN(CC)S(=O)(=O)c1cc(C(=O)N2CCC(C(=O)NC)CC2)ccc1Cl. The van der Waals surface area contributed by atoms with Gasteiger partial charge in [-0.2, -0.15) is 4.31 Å². The smallest absolute Gasteiger partial charge is 0.253 e. The first-order chi connectivity index (χ1) is 12.8. The summed E-state index contributed by atoms with van der Waals surface area (Å²) in [5.41, 5.74) is 0.281. The van der Waals surface area contributed by atoms with Gasteiger partial charge in [-0.25, -0.2) is 8.42 Å². The molecule has 27 heavy (non-hydrogen) atoms. The van der Waals surface area contributed by atoms with Crippen LogP contribution < -0.4 is 5.32 Å². The minimum atomic E-state index is -3.76. The summed E-state index contributed by atoms with van der Waals surface area (Å²) in [5, 5.41) is 2.73. The van der Waals surface area contributed by atoms with Gasteiger partial charge in [-0.3, -0.25) is 9.59 Å². The summed E-state index contributed by atoms with van der Waals surface area (Å²) in [6.45, 7) is 5.05. The number of hydrogen-bond acceptors (Lipinski definition) is 4. The number of carbonyl (C=O) groups is 2. The van der Waals surface area contributed by atoms with Gasteiger partial charge in [0, 0.05) is 44.7 Å². The van der Waals surface area contributed by atoms with Crippen LogP contribution in [-0.4, -0.2) is 62.7 Å². The monoisotopic (exact) mass is 415 g/mol. The Balaban J connectivity index is 2.23. The summed E-state index contributed by atoms with van der Waals surface area (Å²) in [5.74, 6) is -0.359. The van der Waals surface area contributed by atoms with Crippen LogP contribution in [0, 0.1) is 5.92 Å². The van der Waals surface area contributed by atoms with E-state index < -0.39 is 10.0 Å². The van der Waals surface area contributed by atoms with E-state index in [9.17, 15) is 18.0 Å². The summed E-state index contributed by atoms with van der Waals surface area (Å²) in [6, 6.07) is 4.34. The van der Waals surface area contributed by atoms with Crippen LogP contribution in [0.4, 0.5) is 0 Å². The van der Waals surface area contributed by atoms with Crippen LogP contribution in [-0.2, 0) is 14.8 Å². The molecule has 0 aliphatic carbocycles. The number of likely N-dealkylation sites (tertiary alicyclic amines) is 1. The molecule has 0 saturated carbocycles. The number of sulfonamides is 1. The van der Waals surface area contributed by atoms with Gasteiger partial charge in [-0.1, -0.05) is 25.4 Å². The Bertz CT molecular complexity index is 801. The van der Waals surface area contributed by atoms with Crippen molar-refractivity contribution in [2.45, 2.75) is 31.6 Å². The van der Waals surface area contributed by atoms with E-state index >= 15 is 0 Å². The quantitative estimate of drug-likeness (QED) is 0.769. The summed E-state index contributed by atoms with van der Waals surface area (Å²) >= 11 is 6.12. The number of benzene rings is 1. The first-order valence-corrected chi connectivity index (χ1v) is 10.9. The van der Waals surface area contributed by atoms with E-state index in [-0.39, 0.29) is 33.2 Å². The molecule has 1 aliphatic heterocycles. The minimum absolute atomic E-state index is 0.0128. The van der Waals surface area contributed by atoms with Crippen LogP contribution in [0.25, 0.3) is 0 Å². The van der Waals surface area contributed by atoms with Gasteiger partial charge in [0.15, 0.2) is 0 Å². The van der Waals surface area contributed by atoms with Crippen molar-refractivity contribution in [3.63, 3.8) is 0 Å². The highest BCUT2D eigenvalue weighted by Crippen LogP contribution is 2.27. The minimum Gasteiger partial charge on any atom is -0.359 e. The Hall–Kier alpha value is -1.64. The number of nitrogens with zero attached hydrogens (tertiary/aromatic N) is 2. The fraction of sp³-hybridized carbons (Fsp3) is 0.556. The highest BCUT2D eigenvalue weighted by atomic mass is 35.5. The standard InChI is InChI=1S/C18H26ClN3O4S/c1-4-22(5-2)27(25,26)16-12-14(6-7-15(16)19)18(24)21-10-8-13(9-11-21)17(23)20-3/h6-7,12-13H,4-5,8-11H2,1-3H3,(H,20,23). The second kappa shape index (κ2) is 9.03. The Kier molecular flexibility index (Phi) is 7.25. The lowest BCUT2D eigenvalue weighted by molar-refractivity contribution is -0.125. The molecule has 1 heterocycles. The summed E-state index contributed by atoms with van der Waals surface area (Å²) in [7, 11) is -2.16. The lowest BCUT2D eigenvalue weighted by atomic mass is 9.95. The van der Waals surface area contributed by atoms with Gasteiger partial charge in [0.2, 0.25) is 15.9 Å². The van der Waals surface area contributed by atoms with E-state index in [0.29, 0.717) is 39.0 Å². The number of carbonyl (C=O) groups excluding carboxylic acids is 2. The summed E-state index contributed by atoms with van der Waals surface area (Å²) < 4.78 is 26.9. The van der Waals surface area contributed by atoms with Crippen LogP contribution in [0.15, 0.2) is 23.1 Å². The van der Waals surface area contributed by atoms with Crippen molar-refractivity contribution in [3.8, 4) is 0 Å². The number of halogens is 1. The molecule has 1 aliphatic rings. The molecule has 1 aromatic carbocycles. The molecule has 7 nitrogen and oxygen atoms in total. The summed E-state index contributed by atoms with van der Waals surface area (Å²) in [4.78, 5) is 26.1. The molecule has 0 bridgehead atoms. The predicted molar refractivity (Wildman–Crippen MR) is 104 cm³/mol. The fourth-order valence-electron chi connectivity index (χ4n) is 3.27. The largest absolute Gasteiger partial charge is 0.359 e. The third-order valence-corrected chi connectivity index (χ3v) is 7.43. The molecule has 0 unspecified atom stereocenters. The number of nitrogens with one attached hydrogen (secondary N) is 1. The van der Waals surface area contributed by atoms with Crippen molar-refractivity contribution >= 4 is 33.4 Å². The molecular formula is C18H26ClN3O4S. The molecule has 2 rings (SSSR count). The van der Waals surface area contributed by atoms with Crippen molar-refractivity contribution in [2.75, 3.05) is 33.2 Å². The second-order valence-electron chi connectivity index (χ2n) is 6.42. The topological polar surface area (TPSA) is 86.8 Å². The van der Waals surface area contributed by atoms with Crippen molar-refractivity contribution in [1.82, 2.24) is 14.5 Å². The van der Waals surface area contributed by atoms with Crippen LogP contribution >= 0.6 is 11.6 Å². The van der Waals surface area contributed by atoms with E-state index in [4.69, 9.17) is 11.6 Å². The Labute approximate surface area is 165 Å². The van der Waals surface area contributed by atoms with Crippen molar-refractivity contribution in [2.24, 2.45) is 5.92 Å². The third kappa shape index (κ3) is 4.62. The molecule has 1 aromatic rings. The van der Waals surface area contributed by atoms with E-state index in [1.54, 1.807) is 25.8 Å².